The van der Waals surface area contributed by atoms with E-state index in [9.17, 15) is 5.11 Å². The van der Waals surface area contributed by atoms with E-state index in [4.69, 9.17) is 23.2 Å². The molecular weight excluding hydrogens is 295 g/mol. The fourth-order valence-corrected chi connectivity index (χ4v) is 3.69. The first-order chi connectivity index (χ1) is 9.52. The maximum Gasteiger partial charge on any atom is 0.0682 e. The first-order valence-electron chi connectivity index (χ1n) is 7.13. The third kappa shape index (κ3) is 2.97. The molecule has 0 saturated carbocycles. The lowest BCUT2D eigenvalue weighted by Gasteiger charge is -2.42. The SMILES string of the molecule is C[C@H]1CN2C[C@H](O)C[C@H]2CN1Cc1ccc(Cl)c(Cl)c1. The Bertz CT molecular complexity index is 497. The molecule has 2 heterocycles. The van der Waals surface area contributed by atoms with Gasteiger partial charge in [0.25, 0.3) is 0 Å². The molecule has 1 aromatic carbocycles. The van der Waals surface area contributed by atoms with Crippen LogP contribution in [-0.4, -0.2) is 52.7 Å². The molecule has 0 amide bonds. The van der Waals surface area contributed by atoms with Crippen LogP contribution in [0.25, 0.3) is 0 Å². The zero-order chi connectivity index (χ0) is 14.3. The van der Waals surface area contributed by atoms with Crippen molar-refractivity contribution < 1.29 is 5.11 Å². The fourth-order valence-electron chi connectivity index (χ4n) is 3.37. The number of hydrogen-bond donors (Lipinski definition) is 1. The summed E-state index contributed by atoms with van der Waals surface area (Å²) in [7, 11) is 0. The van der Waals surface area contributed by atoms with Crippen LogP contribution in [0.1, 0.15) is 18.9 Å². The number of hydrogen-bond acceptors (Lipinski definition) is 3. The van der Waals surface area contributed by atoms with Crippen LogP contribution in [-0.2, 0) is 6.54 Å². The monoisotopic (exact) mass is 314 g/mol. The summed E-state index contributed by atoms with van der Waals surface area (Å²) >= 11 is 12.0. The average Bonchev–Trinajstić information content (AvgIpc) is 2.73. The summed E-state index contributed by atoms with van der Waals surface area (Å²) in [5, 5.41) is 11.0. The Morgan fingerprint density at radius 3 is 2.75 bits per heavy atom. The summed E-state index contributed by atoms with van der Waals surface area (Å²) in [6, 6.07) is 6.83. The second-order valence-electron chi connectivity index (χ2n) is 6.02. The Labute approximate surface area is 130 Å². The Morgan fingerprint density at radius 1 is 1.20 bits per heavy atom. The number of piperazine rings is 1. The number of nitrogens with zero attached hydrogens (tertiary/aromatic N) is 2. The van der Waals surface area contributed by atoms with Crippen molar-refractivity contribution in [2.75, 3.05) is 19.6 Å². The third-order valence-corrected chi connectivity index (χ3v) is 5.18. The molecule has 2 aliphatic rings. The van der Waals surface area contributed by atoms with Crippen LogP contribution in [0.15, 0.2) is 18.2 Å². The van der Waals surface area contributed by atoms with Gasteiger partial charge < -0.3 is 5.11 Å². The van der Waals surface area contributed by atoms with Crippen molar-refractivity contribution >= 4 is 23.2 Å². The predicted molar refractivity (Wildman–Crippen MR) is 82.3 cm³/mol. The summed E-state index contributed by atoms with van der Waals surface area (Å²) in [6.07, 6.45) is 0.738. The molecule has 0 aromatic heterocycles. The molecule has 110 valence electrons. The van der Waals surface area contributed by atoms with Crippen LogP contribution >= 0.6 is 23.2 Å². The zero-order valence-electron chi connectivity index (χ0n) is 11.6. The molecule has 2 aliphatic heterocycles. The Hall–Kier alpha value is -0.320. The number of aliphatic hydroxyl groups excluding tert-OH is 1. The van der Waals surface area contributed by atoms with Gasteiger partial charge in [-0.3, -0.25) is 9.80 Å². The van der Waals surface area contributed by atoms with Crippen molar-refractivity contribution in [3.05, 3.63) is 33.8 Å². The highest BCUT2D eigenvalue weighted by Gasteiger charge is 2.37. The van der Waals surface area contributed by atoms with E-state index < -0.39 is 0 Å². The van der Waals surface area contributed by atoms with Crippen LogP contribution in [0, 0.1) is 0 Å². The van der Waals surface area contributed by atoms with E-state index in [0.29, 0.717) is 22.1 Å². The van der Waals surface area contributed by atoms with Crippen molar-refractivity contribution in [3.8, 4) is 0 Å². The van der Waals surface area contributed by atoms with Crippen LogP contribution in [0.5, 0.6) is 0 Å². The number of fused-ring (bicyclic) bond motifs is 1. The second-order valence-corrected chi connectivity index (χ2v) is 6.84. The lowest BCUT2D eigenvalue weighted by molar-refractivity contribution is 0.0528. The summed E-state index contributed by atoms with van der Waals surface area (Å²) in [4.78, 5) is 4.89. The normalized spacial score (nSPS) is 31.5. The van der Waals surface area contributed by atoms with Gasteiger partial charge in [0.05, 0.1) is 16.1 Å². The maximum absolute atomic E-state index is 9.80. The topological polar surface area (TPSA) is 26.7 Å². The summed E-state index contributed by atoms with van der Waals surface area (Å²) in [5.41, 5.74) is 1.19. The van der Waals surface area contributed by atoms with Gasteiger partial charge in [-0.05, 0) is 31.0 Å². The third-order valence-electron chi connectivity index (χ3n) is 4.44. The molecule has 3 nitrogen and oxygen atoms in total. The van der Waals surface area contributed by atoms with Crippen LogP contribution in [0.4, 0.5) is 0 Å². The molecule has 0 spiro atoms. The minimum Gasteiger partial charge on any atom is -0.392 e. The Kier molecular flexibility index (Phi) is 4.25. The van der Waals surface area contributed by atoms with Crippen LogP contribution < -0.4 is 0 Å². The standard InChI is InChI=1S/C15H20Cl2N2O/c1-10-6-19-9-13(20)5-12(19)8-18(10)7-11-2-3-14(16)15(17)4-11/h2-4,10,12-13,20H,5-9H2,1H3/t10-,12-,13+/m0/s1. The molecule has 0 aliphatic carbocycles. The van der Waals surface area contributed by atoms with E-state index in [0.717, 1.165) is 32.6 Å². The quantitative estimate of drug-likeness (QED) is 0.909. The first-order valence-corrected chi connectivity index (χ1v) is 7.88. The minimum absolute atomic E-state index is 0.155. The number of rotatable bonds is 2. The van der Waals surface area contributed by atoms with E-state index in [1.807, 2.05) is 18.2 Å². The molecule has 5 heteroatoms. The second kappa shape index (κ2) is 5.82. The highest BCUT2D eigenvalue weighted by molar-refractivity contribution is 6.42. The first kappa shape index (κ1) is 14.6. The van der Waals surface area contributed by atoms with Crippen molar-refractivity contribution in [2.24, 2.45) is 0 Å². The van der Waals surface area contributed by atoms with Crippen LogP contribution in [0.2, 0.25) is 10.0 Å². The number of aliphatic hydroxyl groups is 1. The predicted octanol–water partition coefficient (Wildman–Crippen LogP) is 2.63. The van der Waals surface area contributed by atoms with E-state index in [1.165, 1.54) is 5.56 Å². The van der Waals surface area contributed by atoms with Crippen molar-refractivity contribution in [3.63, 3.8) is 0 Å². The zero-order valence-corrected chi connectivity index (χ0v) is 13.1. The molecule has 20 heavy (non-hydrogen) atoms. The van der Waals surface area contributed by atoms with Gasteiger partial charge in [0, 0.05) is 38.3 Å². The summed E-state index contributed by atoms with van der Waals surface area (Å²) in [6.45, 7) is 6.01. The van der Waals surface area contributed by atoms with Gasteiger partial charge in [0.2, 0.25) is 0 Å². The van der Waals surface area contributed by atoms with Gasteiger partial charge in [0.15, 0.2) is 0 Å². The highest BCUT2D eigenvalue weighted by Crippen LogP contribution is 2.28. The lowest BCUT2D eigenvalue weighted by Crippen LogP contribution is -2.54. The molecule has 0 radical (unpaired) electrons. The summed E-state index contributed by atoms with van der Waals surface area (Å²) < 4.78 is 0. The maximum atomic E-state index is 9.80. The van der Waals surface area contributed by atoms with E-state index in [-0.39, 0.29) is 6.10 Å². The summed E-state index contributed by atoms with van der Waals surface area (Å²) in [5.74, 6) is 0. The molecule has 1 aromatic rings. The molecule has 2 saturated heterocycles. The van der Waals surface area contributed by atoms with Gasteiger partial charge in [0.1, 0.15) is 0 Å². The number of benzene rings is 1. The molecule has 0 unspecified atom stereocenters. The van der Waals surface area contributed by atoms with Gasteiger partial charge in [-0.15, -0.1) is 0 Å². The van der Waals surface area contributed by atoms with Gasteiger partial charge in [-0.25, -0.2) is 0 Å². The highest BCUT2D eigenvalue weighted by atomic mass is 35.5. The number of halogens is 2. The van der Waals surface area contributed by atoms with Gasteiger partial charge in [-0.2, -0.15) is 0 Å². The minimum atomic E-state index is -0.155. The van der Waals surface area contributed by atoms with Crippen molar-refractivity contribution in [2.45, 2.75) is 38.1 Å². The molecule has 3 rings (SSSR count). The van der Waals surface area contributed by atoms with Gasteiger partial charge >= 0.3 is 0 Å². The van der Waals surface area contributed by atoms with Gasteiger partial charge in [-0.1, -0.05) is 29.3 Å². The molecule has 1 N–H and O–H groups in total. The van der Waals surface area contributed by atoms with Crippen molar-refractivity contribution in [1.82, 2.24) is 9.80 Å². The van der Waals surface area contributed by atoms with Crippen LogP contribution in [0.3, 0.4) is 0 Å². The molecule has 3 atom stereocenters. The molecular formula is C15H20Cl2N2O. The molecule has 2 fully saturated rings. The fraction of sp³-hybridized carbons (Fsp3) is 0.600. The largest absolute Gasteiger partial charge is 0.392 e. The van der Waals surface area contributed by atoms with E-state index in [1.54, 1.807) is 0 Å². The average molecular weight is 315 g/mol. The smallest absolute Gasteiger partial charge is 0.0682 e. The van der Waals surface area contributed by atoms with E-state index in [2.05, 4.69) is 16.7 Å². The Morgan fingerprint density at radius 2 is 2.00 bits per heavy atom. The van der Waals surface area contributed by atoms with E-state index >= 15 is 0 Å². The van der Waals surface area contributed by atoms with Crippen molar-refractivity contribution in [1.29, 1.82) is 0 Å². The molecule has 0 bridgehead atoms. The Balaban J connectivity index is 1.69. The lowest BCUT2D eigenvalue weighted by atomic mass is 10.1.